The normalized spacial score (nSPS) is 10.6. The molecule has 24 heavy (non-hydrogen) atoms. The van der Waals surface area contributed by atoms with Gasteiger partial charge >= 0.3 is 0 Å². The smallest absolute Gasteiger partial charge is 0.250 e. The van der Waals surface area contributed by atoms with Gasteiger partial charge in [-0.1, -0.05) is 23.7 Å². The molecule has 0 saturated heterocycles. The zero-order valence-corrected chi connectivity index (χ0v) is 14.8. The summed E-state index contributed by atoms with van der Waals surface area (Å²) in [5, 5.41) is 16.0. The van der Waals surface area contributed by atoms with Crippen molar-refractivity contribution in [2.75, 3.05) is 5.32 Å². The van der Waals surface area contributed by atoms with Crippen LogP contribution in [0.4, 0.5) is 5.69 Å². The summed E-state index contributed by atoms with van der Waals surface area (Å²) >= 11 is 10.9. The number of hydrogen-bond acceptors (Lipinski definition) is 3. The van der Waals surface area contributed by atoms with Crippen molar-refractivity contribution in [2.45, 2.75) is 13.8 Å². The molecule has 0 aliphatic rings. The highest BCUT2D eigenvalue weighted by Crippen LogP contribution is 2.26. The SMILES string of the molecule is Cc1cc(O)c(NC(=S)NC(=O)/C=C/c2ccc(Cl)cc2)cc1C. The number of halogens is 1. The van der Waals surface area contributed by atoms with Crippen LogP contribution in [0.25, 0.3) is 6.08 Å². The molecule has 124 valence electrons. The fourth-order valence-electron chi connectivity index (χ4n) is 1.95. The highest BCUT2D eigenvalue weighted by atomic mass is 35.5. The Morgan fingerprint density at radius 1 is 1.17 bits per heavy atom. The molecule has 2 aromatic rings. The van der Waals surface area contributed by atoms with Gasteiger partial charge in [-0.2, -0.15) is 0 Å². The number of amides is 1. The van der Waals surface area contributed by atoms with E-state index in [1.807, 2.05) is 13.8 Å². The number of phenolic OH excluding ortho intramolecular Hbond substituents is 1. The van der Waals surface area contributed by atoms with E-state index >= 15 is 0 Å². The molecular weight excluding hydrogens is 344 g/mol. The van der Waals surface area contributed by atoms with Crippen molar-refractivity contribution in [1.29, 1.82) is 0 Å². The van der Waals surface area contributed by atoms with Gasteiger partial charge in [-0.25, -0.2) is 0 Å². The Bertz CT molecular complexity index is 801. The Morgan fingerprint density at radius 2 is 1.79 bits per heavy atom. The average molecular weight is 361 g/mol. The first-order valence-corrected chi connectivity index (χ1v) is 7.99. The molecule has 0 radical (unpaired) electrons. The zero-order chi connectivity index (χ0) is 17.7. The van der Waals surface area contributed by atoms with Crippen LogP contribution in [0.1, 0.15) is 16.7 Å². The van der Waals surface area contributed by atoms with Gasteiger partial charge in [0.15, 0.2) is 5.11 Å². The Morgan fingerprint density at radius 3 is 2.46 bits per heavy atom. The van der Waals surface area contributed by atoms with E-state index in [0.717, 1.165) is 16.7 Å². The van der Waals surface area contributed by atoms with Gasteiger partial charge in [0.1, 0.15) is 5.75 Å². The Balaban J connectivity index is 1.95. The number of carbonyl (C=O) groups is 1. The fourth-order valence-corrected chi connectivity index (χ4v) is 2.29. The summed E-state index contributed by atoms with van der Waals surface area (Å²) in [4.78, 5) is 11.9. The van der Waals surface area contributed by atoms with Gasteiger partial charge in [0.2, 0.25) is 5.91 Å². The number of benzene rings is 2. The van der Waals surface area contributed by atoms with Gasteiger partial charge in [-0.05, 0) is 73.1 Å². The number of thiocarbonyl (C=S) groups is 1. The third-order valence-corrected chi connectivity index (χ3v) is 3.85. The first-order chi connectivity index (χ1) is 11.3. The molecular formula is C18H17ClN2O2S. The van der Waals surface area contributed by atoms with Crippen LogP contribution in [0.15, 0.2) is 42.5 Å². The maximum Gasteiger partial charge on any atom is 0.250 e. The standard InChI is InChI=1S/C18H17ClN2O2S/c1-11-9-15(16(22)10-12(11)2)20-18(24)21-17(23)8-5-13-3-6-14(19)7-4-13/h3-10,22H,1-2H3,(H2,20,21,23,24)/b8-5+. The van der Waals surface area contributed by atoms with Crippen LogP contribution in [0.3, 0.4) is 0 Å². The lowest BCUT2D eigenvalue weighted by Crippen LogP contribution is -2.32. The monoisotopic (exact) mass is 360 g/mol. The lowest BCUT2D eigenvalue weighted by Gasteiger charge is -2.12. The molecule has 3 N–H and O–H groups in total. The first kappa shape index (κ1) is 18.0. The molecule has 0 saturated carbocycles. The number of aromatic hydroxyl groups is 1. The van der Waals surface area contributed by atoms with Crippen LogP contribution in [-0.2, 0) is 4.79 Å². The molecule has 1 amide bonds. The Kier molecular flexibility index (Phi) is 5.95. The number of anilines is 1. The maximum absolute atomic E-state index is 11.9. The summed E-state index contributed by atoms with van der Waals surface area (Å²) in [7, 11) is 0. The second-order valence-electron chi connectivity index (χ2n) is 5.28. The van der Waals surface area contributed by atoms with Gasteiger partial charge in [-0.3, -0.25) is 10.1 Å². The van der Waals surface area contributed by atoms with Crippen LogP contribution >= 0.6 is 23.8 Å². The van der Waals surface area contributed by atoms with E-state index in [-0.39, 0.29) is 16.8 Å². The summed E-state index contributed by atoms with van der Waals surface area (Å²) < 4.78 is 0. The highest BCUT2D eigenvalue weighted by Gasteiger charge is 2.07. The average Bonchev–Trinajstić information content (AvgIpc) is 2.52. The zero-order valence-electron chi connectivity index (χ0n) is 13.3. The van der Waals surface area contributed by atoms with E-state index in [4.69, 9.17) is 23.8 Å². The van der Waals surface area contributed by atoms with Crippen LogP contribution in [0, 0.1) is 13.8 Å². The maximum atomic E-state index is 11.9. The third kappa shape index (κ3) is 5.08. The van der Waals surface area contributed by atoms with E-state index in [0.29, 0.717) is 10.7 Å². The van der Waals surface area contributed by atoms with Crippen molar-refractivity contribution in [3.8, 4) is 5.75 Å². The van der Waals surface area contributed by atoms with Gasteiger partial charge < -0.3 is 10.4 Å². The molecule has 0 atom stereocenters. The summed E-state index contributed by atoms with van der Waals surface area (Å²) in [5.41, 5.74) is 3.27. The van der Waals surface area contributed by atoms with Gasteiger partial charge in [0, 0.05) is 11.1 Å². The van der Waals surface area contributed by atoms with Crippen molar-refractivity contribution < 1.29 is 9.90 Å². The second-order valence-corrected chi connectivity index (χ2v) is 6.13. The van der Waals surface area contributed by atoms with Crippen molar-refractivity contribution in [3.05, 3.63) is 64.2 Å². The molecule has 0 bridgehead atoms. The minimum absolute atomic E-state index is 0.0754. The van der Waals surface area contributed by atoms with Crippen molar-refractivity contribution in [1.82, 2.24) is 5.32 Å². The number of nitrogens with one attached hydrogen (secondary N) is 2. The topological polar surface area (TPSA) is 61.4 Å². The number of aryl methyl sites for hydroxylation is 2. The van der Waals surface area contributed by atoms with E-state index in [1.165, 1.54) is 6.08 Å². The predicted octanol–water partition coefficient (Wildman–Crippen LogP) is 4.19. The molecule has 0 unspecified atom stereocenters. The summed E-state index contributed by atoms with van der Waals surface area (Å²) in [5.74, 6) is -0.294. The van der Waals surface area contributed by atoms with Crippen molar-refractivity contribution in [3.63, 3.8) is 0 Å². The second kappa shape index (κ2) is 7.95. The molecule has 2 rings (SSSR count). The number of hydrogen-bond donors (Lipinski definition) is 3. The molecule has 0 aromatic heterocycles. The summed E-state index contributed by atoms with van der Waals surface area (Å²) in [6.45, 7) is 3.83. The molecule has 4 nitrogen and oxygen atoms in total. The van der Waals surface area contributed by atoms with E-state index in [1.54, 1.807) is 42.5 Å². The van der Waals surface area contributed by atoms with Crippen LogP contribution < -0.4 is 10.6 Å². The van der Waals surface area contributed by atoms with Crippen molar-refractivity contribution >= 4 is 46.6 Å². The van der Waals surface area contributed by atoms with Crippen molar-refractivity contribution in [2.24, 2.45) is 0 Å². The summed E-state index contributed by atoms with van der Waals surface area (Å²) in [6.07, 6.45) is 3.03. The largest absolute Gasteiger partial charge is 0.506 e. The van der Waals surface area contributed by atoms with E-state index in [9.17, 15) is 9.90 Å². The van der Waals surface area contributed by atoms with Gasteiger partial charge in [-0.15, -0.1) is 0 Å². The molecule has 0 heterocycles. The number of carbonyl (C=O) groups excluding carboxylic acids is 1. The van der Waals surface area contributed by atoms with Crippen LogP contribution in [0.2, 0.25) is 5.02 Å². The fraction of sp³-hybridized carbons (Fsp3) is 0.111. The highest BCUT2D eigenvalue weighted by molar-refractivity contribution is 7.80. The molecule has 2 aromatic carbocycles. The predicted molar refractivity (Wildman–Crippen MR) is 102 cm³/mol. The van der Waals surface area contributed by atoms with Crippen LogP contribution in [-0.4, -0.2) is 16.1 Å². The quantitative estimate of drug-likeness (QED) is 0.436. The molecule has 0 spiro atoms. The van der Waals surface area contributed by atoms with Gasteiger partial charge in [0.25, 0.3) is 0 Å². The number of rotatable bonds is 3. The molecule has 0 fully saturated rings. The first-order valence-electron chi connectivity index (χ1n) is 7.21. The lowest BCUT2D eigenvalue weighted by molar-refractivity contribution is -0.115. The minimum Gasteiger partial charge on any atom is -0.506 e. The molecule has 6 heteroatoms. The Labute approximate surface area is 151 Å². The van der Waals surface area contributed by atoms with Crippen LogP contribution in [0.5, 0.6) is 5.75 Å². The molecule has 0 aliphatic carbocycles. The lowest BCUT2D eigenvalue weighted by atomic mass is 10.1. The van der Waals surface area contributed by atoms with Gasteiger partial charge in [0.05, 0.1) is 5.69 Å². The van der Waals surface area contributed by atoms with E-state index in [2.05, 4.69) is 10.6 Å². The summed E-state index contributed by atoms with van der Waals surface area (Å²) in [6, 6.07) is 10.5. The molecule has 0 aliphatic heterocycles. The number of phenols is 1. The minimum atomic E-state index is -0.370. The van der Waals surface area contributed by atoms with E-state index < -0.39 is 0 Å². The Hall–Kier alpha value is -2.37. The third-order valence-electron chi connectivity index (χ3n) is 3.39.